The molecule has 0 bridgehead atoms. The Morgan fingerprint density at radius 3 is 1.83 bits per heavy atom. The van der Waals surface area contributed by atoms with E-state index in [1.807, 2.05) is 0 Å². The van der Waals surface area contributed by atoms with Crippen LogP contribution in [0.4, 0.5) is 0 Å². The molecule has 0 aliphatic rings. The molecule has 0 atom stereocenters. The molecule has 0 aromatic rings. The zero-order valence-corrected chi connectivity index (χ0v) is 3.32. The fourth-order valence-corrected chi connectivity index (χ4v) is 0. The van der Waals surface area contributed by atoms with E-state index in [0.29, 0.717) is 0 Å². The van der Waals surface area contributed by atoms with Gasteiger partial charge in [0.15, 0.2) is 17.4 Å². The van der Waals surface area contributed by atoms with Crippen LogP contribution in [0.1, 0.15) is 6.92 Å². The standard InChI is InChI=1S/C3H6O2.Al.3H/c1-3(4)5-2;;;;/h1-2H3;;;;. The van der Waals surface area contributed by atoms with E-state index >= 15 is 0 Å². The number of hydrogen-bond acceptors (Lipinski definition) is 2. The van der Waals surface area contributed by atoms with Crippen molar-refractivity contribution >= 4 is 23.3 Å². The summed E-state index contributed by atoms with van der Waals surface area (Å²) in [5.41, 5.74) is 0. The van der Waals surface area contributed by atoms with E-state index in [1.165, 1.54) is 14.0 Å². The van der Waals surface area contributed by atoms with Crippen LogP contribution >= 0.6 is 0 Å². The van der Waals surface area contributed by atoms with Crippen molar-refractivity contribution in [1.82, 2.24) is 0 Å². The maximum absolute atomic E-state index is 9.59. The van der Waals surface area contributed by atoms with Crippen LogP contribution in [0, 0.1) is 0 Å². The Labute approximate surface area is 47.6 Å². The molecular weight excluding hydrogens is 95.0 g/mol. The van der Waals surface area contributed by atoms with Gasteiger partial charge in [-0.25, -0.2) is 0 Å². The third kappa shape index (κ3) is 9.00. The quantitative estimate of drug-likeness (QED) is 0.291. The fourth-order valence-electron chi connectivity index (χ4n) is 0. The van der Waals surface area contributed by atoms with Crippen molar-refractivity contribution in [3.63, 3.8) is 0 Å². The minimum Gasteiger partial charge on any atom is -0.469 e. The summed E-state index contributed by atoms with van der Waals surface area (Å²) < 4.78 is 4.11. The van der Waals surface area contributed by atoms with Crippen LogP contribution in [-0.4, -0.2) is 30.4 Å². The van der Waals surface area contributed by atoms with Gasteiger partial charge in [-0.3, -0.25) is 4.79 Å². The van der Waals surface area contributed by atoms with E-state index < -0.39 is 0 Å². The monoisotopic (exact) mass is 104 g/mol. The molecule has 0 aromatic carbocycles. The summed E-state index contributed by atoms with van der Waals surface area (Å²) in [6.45, 7) is 1.36. The normalized spacial score (nSPS) is 5.67. The molecule has 0 amide bonds. The Balaban J connectivity index is 0. The lowest BCUT2D eigenvalue weighted by molar-refractivity contribution is -0.137. The van der Waals surface area contributed by atoms with Crippen LogP contribution < -0.4 is 0 Å². The average molecular weight is 104 g/mol. The second-order valence-electron chi connectivity index (χ2n) is 0.696. The number of ether oxygens (including phenoxy) is 1. The van der Waals surface area contributed by atoms with Crippen molar-refractivity contribution in [2.45, 2.75) is 6.92 Å². The molecule has 0 saturated heterocycles. The molecule has 0 rings (SSSR count). The van der Waals surface area contributed by atoms with E-state index in [9.17, 15) is 4.79 Å². The number of methoxy groups -OCH3 is 1. The van der Waals surface area contributed by atoms with Gasteiger partial charge in [0.25, 0.3) is 0 Å². The van der Waals surface area contributed by atoms with Gasteiger partial charge in [-0.2, -0.15) is 0 Å². The highest BCUT2D eigenvalue weighted by Gasteiger charge is 1.75. The molecule has 3 heteroatoms. The number of rotatable bonds is 0. The van der Waals surface area contributed by atoms with E-state index in [4.69, 9.17) is 0 Å². The van der Waals surface area contributed by atoms with Crippen molar-refractivity contribution in [3.05, 3.63) is 0 Å². The zero-order chi connectivity index (χ0) is 4.28. The van der Waals surface area contributed by atoms with Crippen LogP contribution in [0.15, 0.2) is 0 Å². The molecular formula is C3H9AlO2. The van der Waals surface area contributed by atoms with Gasteiger partial charge >= 0.3 is 5.97 Å². The summed E-state index contributed by atoms with van der Waals surface area (Å²) >= 11 is 0. The highest BCUT2D eigenvalue weighted by molar-refractivity contribution is 5.75. The lowest BCUT2D eigenvalue weighted by Gasteiger charge is -1.80. The van der Waals surface area contributed by atoms with Crippen LogP contribution in [-0.2, 0) is 9.53 Å². The summed E-state index contributed by atoms with van der Waals surface area (Å²) in [5.74, 6) is -0.245. The van der Waals surface area contributed by atoms with Gasteiger partial charge in [-0.1, -0.05) is 0 Å². The molecule has 0 fully saturated rings. The minimum atomic E-state index is -0.245. The summed E-state index contributed by atoms with van der Waals surface area (Å²) in [4.78, 5) is 9.59. The predicted octanol–water partition coefficient (Wildman–Crippen LogP) is -1.00. The molecule has 0 unspecified atom stereocenters. The molecule has 0 spiro atoms. The van der Waals surface area contributed by atoms with Crippen LogP contribution in [0.5, 0.6) is 0 Å². The summed E-state index contributed by atoms with van der Waals surface area (Å²) in [6, 6.07) is 0. The molecule has 0 heterocycles. The lowest BCUT2D eigenvalue weighted by atomic mass is 10.8. The summed E-state index contributed by atoms with van der Waals surface area (Å²) in [6.07, 6.45) is 0. The van der Waals surface area contributed by atoms with Gasteiger partial charge in [-0.05, 0) is 0 Å². The number of esters is 1. The van der Waals surface area contributed by atoms with Gasteiger partial charge in [0.05, 0.1) is 7.11 Å². The third-order valence-electron chi connectivity index (χ3n) is 0.287. The van der Waals surface area contributed by atoms with Crippen LogP contribution in [0.2, 0.25) is 0 Å². The molecule has 0 aliphatic carbocycles. The Morgan fingerprint density at radius 2 is 1.83 bits per heavy atom. The first-order valence-corrected chi connectivity index (χ1v) is 1.32. The first-order chi connectivity index (χ1) is 2.27. The molecule has 0 aromatic heterocycles. The molecule has 6 heavy (non-hydrogen) atoms. The lowest BCUT2D eigenvalue weighted by Crippen LogP contribution is -1.88. The van der Waals surface area contributed by atoms with Gasteiger partial charge < -0.3 is 4.74 Å². The Hall–Kier alpha value is 0.00247. The van der Waals surface area contributed by atoms with Gasteiger partial charge in [-0.15, -0.1) is 0 Å². The molecule has 2 nitrogen and oxygen atoms in total. The maximum Gasteiger partial charge on any atom is 0.302 e. The second-order valence-corrected chi connectivity index (χ2v) is 0.696. The average Bonchev–Trinajstić information content (AvgIpc) is 1.38. The van der Waals surface area contributed by atoms with Crippen molar-refractivity contribution in [1.29, 1.82) is 0 Å². The third-order valence-corrected chi connectivity index (χ3v) is 0.287. The molecule has 0 saturated carbocycles. The smallest absolute Gasteiger partial charge is 0.302 e. The van der Waals surface area contributed by atoms with E-state index in [0.717, 1.165) is 0 Å². The van der Waals surface area contributed by atoms with Crippen molar-refractivity contribution < 1.29 is 9.53 Å². The summed E-state index contributed by atoms with van der Waals surface area (Å²) in [5, 5.41) is 0. The Morgan fingerprint density at radius 1 is 1.67 bits per heavy atom. The first-order valence-electron chi connectivity index (χ1n) is 1.32. The largest absolute Gasteiger partial charge is 0.469 e. The van der Waals surface area contributed by atoms with Gasteiger partial charge in [0.2, 0.25) is 0 Å². The topological polar surface area (TPSA) is 26.3 Å². The summed E-state index contributed by atoms with van der Waals surface area (Å²) in [7, 11) is 1.35. The van der Waals surface area contributed by atoms with Gasteiger partial charge in [0, 0.05) is 6.92 Å². The van der Waals surface area contributed by atoms with E-state index in [1.54, 1.807) is 0 Å². The second kappa shape index (κ2) is 5.00. The zero-order valence-electron chi connectivity index (χ0n) is 3.32. The number of hydrogen-bond donors (Lipinski definition) is 0. The van der Waals surface area contributed by atoms with Crippen molar-refractivity contribution in [3.8, 4) is 0 Å². The maximum atomic E-state index is 9.59. The van der Waals surface area contributed by atoms with E-state index in [2.05, 4.69) is 4.74 Å². The molecule has 0 radical (unpaired) electrons. The molecule has 0 aliphatic heterocycles. The Bertz CT molecular complexity index is 44.1. The van der Waals surface area contributed by atoms with Gasteiger partial charge in [0.1, 0.15) is 0 Å². The minimum absolute atomic E-state index is 0. The number of carbonyl (C=O) groups is 1. The van der Waals surface area contributed by atoms with Crippen LogP contribution in [0.3, 0.4) is 0 Å². The molecule has 0 N–H and O–H groups in total. The SMILES string of the molecule is COC(C)=O.[AlH3]. The highest BCUT2D eigenvalue weighted by atomic mass is 27.0. The van der Waals surface area contributed by atoms with Crippen molar-refractivity contribution in [2.75, 3.05) is 7.11 Å². The number of carbonyl (C=O) groups excluding carboxylic acids is 1. The Kier molecular flexibility index (Phi) is 7.82. The molecule has 36 valence electrons. The van der Waals surface area contributed by atoms with Crippen molar-refractivity contribution in [2.24, 2.45) is 0 Å². The van der Waals surface area contributed by atoms with Crippen LogP contribution in [0.25, 0.3) is 0 Å². The fraction of sp³-hybridized carbons (Fsp3) is 0.667. The highest BCUT2D eigenvalue weighted by Crippen LogP contribution is 1.60. The first kappa shape index (κ1) is 9.38. The van der Waals surface area contributed by atoms with E-state index in [-0.39, 0.29) is 23.3 Å². The predicted molar refractivity (Wildman–Crippen MR) is 27.6 cm³/mol.